The van der Waals surface area contributed by atoms with Gasteiger partial charge in [0.15, 0.2) is 9.86 Å². The number of ether oxygens (including phenoxy) is 1. The molecule has 0 aromatic rings. The molecule has 0 bridgehead atoms. The summed E-state index contributed by atoms with van der Waals surface area (Å²) in [5, 5.41) is -0.232. The van der Waals surface area contributed by atoms with Gasteiger partial charge in [-0.2, -0.15) is 0 Å². The van der Waals surface area contributed by atoms with Gasteiger partial charge >= 0.3 is 5.97 Å². The van der Waals surface area contributed by atoms with Crippen molar-refractivity contribution in [3.05, 3.63) is 0 Å². The molecule has 0 radical (unpaired) electrons. The van der Waals surface area contributed by atoms with Gasteiger partial charge in [0.1, 0.15) is 0 Å². The van der Waals surface area contributed by atoms with Crippen LogP contribution in [-0.2, 0) is 14.3 Å². The van der Waals surface area contributed by atoms with Gasteiger partial charge in [0.05, 0.1) is 6.61 Å². The average molecular weight is 272 g/mol. The summed E-state index contributed by atoms with van der Waals surface area (Å²) in [6.07, 6.45) is 4.91. The molecule has 0 aliphatic rings. The quantitative estimate of drug-likeness (QED) is 0.572. The maximum atomic E-state index is 11.8. The van der Waals surface area contributed by atoms with Gasteiger partial charge in [0.25, 0.3) is 0 Å². The van der Waals surface area contributed by atoms with Crippen LogP contribution in [0.25, 0.3) is 0 Å². The molecule has 0 saturated heterocycles. The van der Waals surface area contributed by atoms with Crippen LogP contribution in [0.2, 0.25) is 0 Å². The zero-order valence-corrected chi connectivity index (χ0v) is 11.7. The molecule has 0 aliphatic carbocycles. The van der Waals surface area contributed by atoms with Crippen molar-refractivity contribution in [2.24, 2.45) is 0 Å². The first-order chi connectivity index (χ1) is 8.96. The zero-order chi connectivity index (χ0) is 14.7. The molecule has 0 rings (SSSR count). The van der Waals surface area contributed by atoms with Gasteiger partial charge in [-0.05, 0) is 49.4 Å². The molecule has 0 spiro atoms. The van der Waals surface area contributed by atoms with E-state index >= 15 is 0 Å². The molecule has 0 amide bonds. The van der Waals surface area contributed by atoms with Gasteiger partial charge in [-0.3, -0.25) is 4.79 Å². The molecule has 0 saturated carbocycles. The summed E-state index contributed by atoms with van der Waals surface area (Å²) in [7, 11) is 0. The van der Waals surface area contributed by atoms with Crippen molar-refractivity contribution in [3.8, 4) is 47.9 Å². The van der Waals surface area contributed by atoms with Crippen LogP contribution in [0.3, 0.4) is 0 Å². The molecule has 0 aromatic carbocycles. The van der Waals surface area contributed by atoms with E-state index in [1.54, 1.807) is 6.92 Å². The lowest BCUT2D eigenvalue weighted by Gasteiger charge is -2.18. The van der Waals surface area contributed by atoms with E-state index in [1.165, 1.54) is 13.8 Å². The normalized spacial score (nSPS) is 10.8. The lowest BCUT2D eigenvalue weighted by atomic mass is 10.2. The molecule has 4 heteroatoms. The third kappa shape index (κ3) is 6.90. The van der Waals surface area contributed by atoms with E-state index in [2.05, 4.69) is 41.4 Å². The predicted molar refractivity (Wildman–Crippen MR) is 75.5 cm³/mol. The fraction of sp³-hybridized carbons (Fsp3) is 0.333. The Labute approximate surface area is 117 Å². The number of carbonyl (C=O) groups is 2. The maximum absolute atomic E-state index is 11.8. The van der Waals surface area contributed by atoms with Crippen molar-refractivity contribution >= 4 is 22.8 Å². The maximum Gasteiger partial charge on any atom is 0.334 e. The zero-order valence-electron chi connectivity index (χ0n) is 10.9. The molecule has 0 aromatic heterocycles. The highest BCUT2D eigenvalue weighted by Gasteiger charge is 2.35. The Morgan fingerprint density at radius 1 is 1.21 bits per heavy atom. The number of esters is 1. The Morgan fingerprint density at radius 3 is 2.32 bits per heavy atom. The smallest absolute Gasteiger partial charge is 0.334 e. The molecule has 19 heavy (non-hydrogen) atoms. The number of hydrogen-bond acceptors (Lipinski definition) is 4. The Bertz CT molecular complexity index is 579. The van der Waals surface area contributed by atoms with Gasteiger partial charge in [-0.25, -0.2) is 4.79 Å². The molecule has 96 valence electrons. The minimum atomic E-state index is -1.27. The second-order valence-corrected chi connectivity index (χ2v) is 4.84. The molecule has 1 atom stereocenters. The minimum Gasteiger partial charge on any atom is -0.464 e. The van der Waals surface area contributed by atoms with E-state index < -0.39 is 10.7 Å². The minimum absolute atomic E-state index is 0.216. The van der Waals surface area contributed by atoms with E-state index in [0.717, 1.165) is 11.8 Å². The molecular formula is C15H12O3S. The van der Waals surface area contributed by atoms with Crippen molar-refractivity contribution in [1.82, 2.24) is 0 Å². The van der Waals surface area contributed by atoms with E-state index in [-0.39, 0.29) is 11.7 Å². The van der Waals surface area contributed by atoms with Gasteiger partial charge in [-0.1, -0.05) is 17.7 Å². The van der Waals surface area contributed by atoms with E-state index in [0.29, 0.717) is 0 Å². The summed E-state index contributed by atoms with van der Waals surface area (Å²) in [5.41, 5.74) is 0. The Balaban J connectivity index is 5.11. The fourth-order valence-electron chi connectivity index (χ4n) is 0.955. The standard InChI is InChI=1S/C15H12O3S/c1-5-7-8-9-10-11-12-15(4,19-13(3)16)14(17)18-6-2/h1H,6H2,2-4H3. The van der Waals surface area contributed by atoms with Crippen LogP contribution in [0.1, 0.15) is 20.8 Å². The monoisotopic (exact) mass is 272 g/mol. The predicted octanol–water partition coefficient (Wildman–Crippen LogP) is 1.23. The molecule has 0 heterocycles. The Morgan fingerprint density at radius 2 is 1.79 bits per heavy atom. The SMILES string of the molecule is C#CC#CC#CC#CC(C)(SC(C)=O)C(=O)OCC. The third-order valence-electron chi connectivity index (χ3n) is 1.64. The van der Waals surface area contributed by atoms with Gasteiger partial charge < -0.3 is 4.74 Å². The number of hydrogen-bond donors (Lipinski definition) is 0. The van der Waals surface area contributed by atoms with Crippen LogP contribution in [-0.4, -0.2) is 22.4 Å². The lowest BCUT2D eigenvalue weighted by Crippen LogP contribution is -2.33. The fourth-order valence-corrected chi connectivity index (χ4v) is 1.77. The number of rotatable bonds is 3. The van der Waals surface area contributed by atoms with Crippen LogP contribution in [0.4, 0.5) is 0 Å². The highest BCUT2D eigenvalue weighted by Crippen LogP contribution is 2.26. The van der Waals surface area contributed by atoms with Crippen molar-refractivity contribution in [1.29, 1.82) is 0 Å². The molecule has 0 N–H and O–H groups in total. The van der Waals surface area contributed by atoms with E-state index in [1.807, 2.05) is 0 Å². The van der Waals surface area contributed by atoms with Crippen LogP contribution in [0.15, 0.2) is 0 Å². The third-order valence-corrected chi connectivity index (χ3v) is 2.60. The molecule has 0 fully saturated rings. The molecular weight excluding hydrogens is 260 g/mol. The number of terminal acetylenes is 1. The summed E-state index contributed by atoms with van der Waals surface area (Å²) in [4.78, 5) is 22.9. The molecule has 0 aliphatic heterocycles. The van der Waals surface area contributed by atoms with Crippen molar-refractivity contribution in [2.45, 2.75) is 25.5 Å². The first-order valence-corrected chi connectivity index (χ1v) is 6.12. The number of carbonyl (C=O) groups excluding carboxylic acids is 2. The van der Waals surface area contributed by atoms with Gasteiger partial charge in [0.2, 0.25) is 0 Å². The summed E-state index contributed by atoms with van der Waals surface area (Å²) >= 11 is 0.795. The second kappa shape index (κ2) is 8.77. The van der Waals surface area contributed by atoms with Crippen molar-refractivity contribution in [2.75, 3.05) is 6.61 Å². The van der Waals surface area contributed by atoms with Gasteiger partial charge in [0, 0.05) is 6.92 Å². The van der Waals surface area contributed by atoms with Crippen LogP contribution >= 0.6 is 11.8 Å². The van der Waals surface area contributed by atoms with Crippen LogP contribution in [0.5, 0.6) is 0 Å². The molecule has 3 nitrogen and oxygen atoms in total. The van der Waals surface area contributed by atoms with Gasteiger partial charge in [-0.15, -0.1) is 6.42 Å². The van der Waals surface area contributed by atoms with Crippen LogP contribution in [0, 0.1) is 47.9 Å². The summed E-state index contributed by atoms with van der Waals surface area (Å²) in [6, 6.07) is 0. The highest BCUT2D eigenvalue weighted by atomic mass is 32.2. The first-order valence-electron chi connectivity index (χ1n) is 5.31. The largest absolute Gasteiger partial charge is 0.464 e. The lowest BCUT2D eigenvalue weighted by molar-refractivity contribution is -0.144. The van der Waals surface area contributed by atoms with E-state index in [9.17, 15) is 9.59 Å². The number of thioether (sulfide) groups is 1. The second-order valence-electron chi connectivity index (χ2n) is 3.24. The van der Waals surface area contributed by atoms with E-state index in [4.69, 9.17) is 11.2 Å². The summed E-state index contributed by atoms with van der Waals surface area (Å²) in [5.74, 6) is 16.1. The molecule has 1 unspecified atom stereocenters. The Kier molecular flexibility index (Phi) is 7.72. The van der Waals surface area contributed by atoms with Crippen LogP contribution < -0.4 is 0 Å². The summed E-state index contributed by atoms with van der Waals surface area (Å²) in [6.45, 7) is 4.76. The van der Waals surface area contributed by atoms with Crippen molar-refractivity contribution < 1.29 is 14.3 Å². The first kappa shape index (κ1) is 16.7. The topological polar surface area (TPSA) is 43.4 Å². The Hall–Kier alpha value is -2.27. The highest BCUT2D eigenvalue weighted by molar-refractivity contribution is 8.15. The average Bonchev–Trinajstić information content (AvgIpc) is 2.33. The summed E-state index contributed by atoms with van der Waals surface area (Å²) < 4.78 is 3.62. The van der Waals surface area contributed by atoms with Crippen molar-refractivity contribution in [3.63, 3.8) is 0 Å².